The summed E-state index contributed by atoms with van der Waals surface area (Å²) >= 11 is 0. The molecule has 0 saturated heterocycles. The van der Waals surface area contributed by atoms with Gasteiger partial charge in [-0.3, -0.25) is 4.79 Å². The first kappa shape index (κ1) is 12.3. The number of rotatable bonds is 2. The molecule has 7 nitrogen and oxygen atoms in total. The van der Waals surface area contributed by atoms with Crippen LogP contribution in [0.2, 0.25) is 0 Å². The van der Waals surface area contributed by atoms with Crippen molar-refractivity contribution >= 4 is 16.7 Å². The van der Waals surface area contributed by atoms with E-state index < -0.39 is 5.82 Å². The standard InChI is InChI=1S/C12H11FN6O/c1-18-11-9(5-15-18)12(20)19(17-16-11)6-7-2-3-8(14)4-10(7)13/h2-5H,6,14H2,1H3. The Labute approximate surface area is 112 Å². The summed E-state index contributed by atoms with van der Waals surface area (Å²) in [6.07, 6.45) is 1.42. The van der Waals surface area contributed by atoms with Gasteiger partial charge in [-0.2, -0.15) is 5.10 Å². The predicted molar refractivity (Wildman–Crippen MR) is 70.5 cm³/mol. The van der Waals surface area contributed by atoms with Crippen molar-refractivity contribution in [3.8, 4) is 0 Å². The normalized spacial score (nSPS) is 11.1. The van der Waals surface area contributed by atoms with Gasteiger partial charge in [-0.1, -0.05) is 11.3 Å². The molecule has 0 spiro atoms. The molecule has 0 unspecified atom stereocenters. The highest BCUT2D eigenvalue weighted by molar-refractivity contribution is 5.72. The lowest BCUT2D eigenvalue weighted by Gasteiger charge is -2.05. The fourth-order valence-corrected chi connectivity index (χ4v) is 1.93. The molecule has 0 aliphatic carbocycles. The number of fused-ring (bicyclic) bond motifs is 1. The Morgan fingerprint density at radius 2 is 2.20 bits per heavy atom. The Morgan fingerprint density at radius 1 is 1.40 bits per heavy atom. The van der Waals surface area contributed by atoms with E-state index in [4.69, 9.17) is 5.73 Å². The topological polar surface area (TPSA) is 91.6 Å². The molecular formula is C12H11FN6O. The lowest BCUT2D eigenvalue weighted by atomic mass is 10.2. The highest BCUT2D eigenvalue weighted by Crippen LogP contribution is 2.12. The Kier molecular flexibility index (Phi) is 2.70. The number of nitrogen functional groups attached to an aromatic ring is 1. The van der Waals surface area contributed by atoms with Crippen LogP contribution < -0.4 is 11.3 Å². The molecule has 2 heterocycles. The zero-order valence-electron chi connectivity index (χ0n) is 10.6. The zero-order chi connectivity index (χ0) is 14.3. The van der Waals surface area contributed by atoms with E-state index in [1.54, 1.807) is 13.1 Å². The summed E-state index contributed by atoms with van der Waals surface area (Å²) in [6.45, 7) is -0.0111. The Hall–Kier alpha value is -2.77. The average Bonchev–Trinajstić information content (AvgIpc) is 2.78. The van der Waals surface area contributed by atoms with Crippen LogP contribution in [0, 0.1) is 5.82 Å². The van der Waals surface area contributed by atoms with Crippen molar-refractivity contribution in [3.05, 3.63) is 46.1 Å². The average molecular weight is 274 g/mol. The second-order valence-electron chi connectivity index (χ2n) is 4.41. The molecular weight excluding hydrogens is 263 g/mol. The van der Waals surface area contributed by atoms with Gasteiger partial charge in [0.2, 0.25) is 0 Å². The van der Waals surface area contributed by atoms with Gasteiger partial charge in [0.1, 0.15) is 11.2 Å². The maximum absolute atomic E-state index is 13.7. The van der Waals surface area contributed by atoms with E-state index in [2.05, 4.69) is 15.4 Å². The molecule has 0 aliphatic rings. The smallest absolute Gasteiger partial charge is 0.281 e. The minimum Gasteiger partial charge on any atom is -0.399 e. The van der Waals surface area contributed by atoms with E-state index in [9.17, 15) is 9.18 Å². The third-order valence-electron chi connectivity index (χ3n) is 3.02. The monoisotopic (exact) mass is 274 g/mol. The predicted octanol–water partition coefficient (Wildman–Crippen LogP) is 0.295. The van der Waals surface area contributed by atoms with Crippen molar-refractivity contribution in [2.75, 3.05) is 5.73 Å². The lowest BCUT2D eigenvalue weighted by Crippen LogP contribution is -2.25. The number of benzene rings is 1. The number of nitrogens with zero attached hydrogens (tertiary/aromatic N) is 5. The van der Waals surface area contributed by atoms with E-state index in [0.29, 0.717) is 22.3 Å². The Balaban J connectivity index is 2.07. The lowest BCUT2D eigenvalue weighted by molar-refractivity contribution is 0.555. The van der Waals surface area contributed by atoms with Gasteiger partial charge in [-0.05, 0) is 12.1 Å². The van der Waals surface area contributed by atoms with Crippen LogP contribution in [0.15, 0.2) is 29.2 Å². The first-order valence-electron chi connectivity index (χ1n) is 5.85. The molecule has 2 N–H and O–H groups in total. The molecule has 3 rings (SSSR count). The first-order valence-corrected chi connectivity index (χ1v) is 5.85. The zero-order valence-corrected chi connectivity index (χ0v) is 10.6. The van der Waals surface area contributed by atoms with Crippen LogP contribution in [-0.4, -0.2) is 24.8 Å². The third kappa shape index (κ3) is 1.91. The minimum atomic E-state index is -0.481. The SMILES string of the molecule is Cn1ncc2c(=O)n(Cc3ccc(N)cc3F)nnc21. The minimum absolute atomic E-state index is 0.0111. The van der Waals surface area contributed by atoms with Crippen molar-refractivity contribution in [2.45, 2.75) is 6.54 Å². The van der Waals surface area contributed by atoms with Crippen LogP contribution >= 0.6 is 0 Å². The molecule has 0 aliphatic heterocycles. The number of aryl methyl sites for hydroxylation is 1. The number of aromatic nitrogens is 5. The van der Waals surface area contributed by atoms with E-state index in [0.717, 1.165) is 4.68 Å². The van der Waals surface area contributed by atoms with Gasteiger partial charge in [0, 0.05) is 18.3 Å². The third-order valence-corrected chi connectivity index (χ3v) is 3.02. The van der Waals surface area contributed by atoms with Crippen molar-refractivity contribution in [2.24, 2.45) is 7.05 Å². The van der Waals surface area contributed by atoms with Gasteiger partial charge in [-0.15, -0.1) is 5.10 Å². The summed E-state index contributed by atoms with van der Waals surface area (Å²) in [4.78, 5) is 12.2. The van der Waals surface area contributed by atoms with Gasteiger partial charge in [-0.25, -0.2) is 13.8 Å². The molecule has 0 bridgehead atoms. The molecule has 8 heteroatoms. The van der Waals surface area contributed by atoms with Gasteiger partial charge in [0.25, 0.3) is 5.56 Å². The van der Waals surface area contributed by atoms with E-state index in [-0.39, 0.29) is 12.1 Å². The number of nitrogens with two attached hydrogens (primary N) is 1. The molecule has 0 atom stereocenters. The number of hydrogen-bond acceptors (Lipinski definition) is 5. The van der Waals surface area contributed by atoms with Gasteiger partial charge in [0.05, 0.1) is 12.7 Å². The Morgan fingerprint density at radius 3 is 2.95 bits per heavy atom. The summed E-state index contributed by atoms with van der Waals surface area (Å²) in [6, 6.07) is 4.29. The summed E-state index contributed by atoms with van der Waals surface area (Å²) in [7, 11) is 1.67. The highest BCUT2D eigenvalue weighted by atomic mass is 19.1. The van der Waals surface area contributed by atoms with E-state index in [1.807, 2.05) is 0 Å². The van der Waals surface area contributed by atoms with E-state index >= 15 is 0 Å². The maximum atomic E-state index is 13.7. The van der Waals surface area contributed by atoms with Crippen molar-refractivity contribution in [3.63, 3.8) is 0 Å². The van der Waals surface area contributed by atoms with Crippen molar-refractivity contribution in [1.82, 2.24) is 24.8 Å². The van der Waals surface area contributed by atoms with Crippen LogP contribution in [0.3, 0.4) is 0 Å². The summed E-state index contributed by atoms with van der Waals surface area (Å²) in [5, 5.41) is 12.0. The van der Waals surface area contributed by atoms with Crippen LogP contribution in [0.5, 0.6) is 0 Å². The molecule has 1 aromatic carbocycles. The van der Waals surface area contributed by atoms with Gasteiger partial charge in [0.15, 0.2) is 5.65 Å². The summed E-state index contributed by atoms with van der Waals surface area (Å²) in [5.74, 6) is -0.481. The molecule has 0 radical (unpaired) electrons. The Bertz CT molecular complexity index is 853. The number of anilines is 1. The second kappa shape index (κ2) is 4.41. The first-order chi connectivity index (χ1) is 9.56. The van der Waals surface area contributed by atoms with Crippen LogP contribution in [0.1, 0.15) is 5.56 Å². The molecule has 3 aromatic rings. The fourth-order valence-electron chi connectivity index (χ4n) is 1.93. The van der Waals surface area contributed by atoms with Crippen molar-refractivity contribution < 1.29 is 4.39 Å². The maximum Gasteiger partial charge on any atom is 0.281 e. The molecule has 0 saturated carbocycles. The molecule has 102 valence electrons. The quantitative estimate of drug-likeness (QED) is 0.678. The summed E-state index contributed by atoms with van der Waals surface area (Å²) in [5.41, 5.74) is 6.16. The van der Waals surface area contributed by atoms with Crippen LogP contribution in [0.25, 0.3) is 11.0 Å². The van der Waals surface area contributed by atoms with Gasteiger partial charge >= 0.3 is 0 Å². The molecule has 2 aromatic heterocycles. The molecule has 20 heavy (non-hydrogen) atoms. The number of halogens is 1. The molecule has 0 amide bonds. The van der Waals surface area contributed by atoms with Crippen LogP contribution in [0.4, 0.5) is 10.1 Å². The number of hydrogen-bond donors (Lipinski definition) is 1. The summed E-state index contributed by atoms with van der Waals surface area (Å²) < 4.78 is 16.3. The van der Waals surface area contributed by atoms with Gasteiger partial charge < -0.3 is 5.73 Å². The van der Waals surface area contributed by atoms with E-state index in [1.165, 1.54) is 23.0 Å². The van der Waals surface area contributed by atoms with Crippen LogP contribution in [-0.2, 0) is 13.6 Å². The second-order valence-corrected chi connectivity index (χ2v) is 4.41. The van der Waals surface area contributed by atoms with Crippen molar-refractivity contribution in [1.29, 1.82) is 0 Å². The largest absolute Gasteiger partial charge is 0.399 e. The highest BCUT2D eigenvalue weighted by Gasteiger charge is 2.11. The molecule has 0 fully saturated rings. The fraction of sp³-hybridized carbons (Fsp3) is 0.167.